The van der Waals surface area contributed by atoms with Gasteiger partial charge in [-0.05, 0) is 23.8 Å². The number of aromatic nitrogens is 2. The van der Waals surface area contributed by atoms with Gasteiger partial charge in [-0.15, -0.1) is 0 Å². The number of hydrogen-bond acceptors (Lipinski definition) is 4. The van der Waals surface area contributed by atoms with E-state index in [4.69, 9.17) is 11.6 Å². The Morgan fingerprint density at radius 3 is 3.12 bits per heavy atom. The van der Waals surface area contributed by atoms with E-state index in [1.54, 1.807) is 12.4 Å². The highest BCUT2D eigenvalue weighted by atomic mass is 35.5. The fraction of sp³-hybridized carbons (Fsp3) is 0.182. The van der Waals surface area contributed by atoms with Gasteiger partial charge in [0, 0.05) is 18.8 Å². The SMILES string of the molecule is O=COC(Cl)Cc1cnc2cccnc2c1. The van der Waals surface area contributed by atoms with Gasteiger partial charge >= 0.3 is 0 Å². The fourth-order valence-electron chi connectivity index (χ4n) is 1.40. The van der Waals surface area contributed by atoms with Crippen LogP contribution in [0.3, 0.4) is 0 Å². The molecule has 4 nitrogen and oxygen atoms in total. The molecule has 0 aliphatic rings. The van der Waals surface area contributed by atoms with Crippen molar-refractivity contribution < 1.29 is 9.53 Å². The van der Waals surface area contributed by atoms with E-state index < -0.39 is 5.56 Å². The number of alkyl halides is 1. The minimum atomic E-state index is -0.666. The number of ether oxygens (including phenoxy) is 1. The molecule has 0 aromatic carbocycles. The maximum absolute atomic E-state index is 10.1. The van der Waals surface area contributed by atoms with E-state index in [0.717, 1.165) is 16.6 Å². The average molecular weight is 237 g/mol. The molecule has 0 bridgehead atoms. The van der Waals surface area contributed by atoms with Crippen LogP contribution in [-0.2, 0) is 16.0 Å². The Balaban J connectivity index is 2.22. The van der Waals surface area contributed by atoms with E-state index in [-0.39, 0.29) is 0 Å². The Morgan fingerprint density at radius 1 is 1.44 bits per heavy atom. The largest absolute Gasteiger partial charge is 0.448 e. The Kier molecular flexibility index (Phi) is 3.31. The second-order valence-electron chi connectivity index (χ2n) is 3.23. The van der Waals surface area contributed by atoms with Gasteiger partial charge in [0.1, 0.15) is 0 Å². The molecule has 0 saturated heterocycles. The molecule has 0 saturated carbocycles. The smallest absolute Gasteiger partial charge is 0.294 e. The zero-order valence-electron chi connectivity index (χ0n) is 8.34. The molecule has 2 heterocycles. The topological polar surface area (TPSA) is 52.1 Å². The summed E-state index contributed by atoms with van der Waals surface area (Å²) < 4.78 is 4.59. The number of rotatable bonds is 4. The van der Waals surface area contributed by atoms with Gasteiger partial charge in [-0.3, -0.25) is 14.8 Å². The lowest BCUT2D eigenvalue weighted by molar-refractivity contribution is -0.130. The van der Waals surface area contributed by atoms with Crippen LogP contribution >= 0.6 is 11.6 Å². The van der Waals surface area contributed by atoms with Crippen LogP contribution in [0.4, 0.5) is 0 Å². The quantitative estimate of drug-likeness (QED) is 0.601. The van der Waals surface area contributed by atoms with Crippen LogP contribution < -0.4 is 0 Å². The minimum absolute atomic E-state index is 0.338. The highest BCUT2D eigenvalue weighted by Crippen LogP contribution is 2.13. The highest BCUT2D eigenvalue weighted by Gasteiger charge is 2.07. The molecule has 82 valence electrons. The first-order valence-corrected chi connectivity index (χ1v) is 5.16. The summed E-state index contributed by atoms with van der Waals surface area (Å²) in [4.78, 5) is 18.5. The van der Waals surface area contributed by atoms with Crippen LogP contribution in [0.2, 0.25) is 0 Å². The number of carbonyl (C=O) groups excluding carboxylic acids is 1. The summed E-state index contributed by atoms with van der Waals surface area (Å²) >= 11 is 5.76. The summed E-state index contributed by atoms with van der Waals surface area (Å²) in [7, 11) is 0. The fourth-order valence-corrected chi connectivity index (χ4v) is 1.62. The molecule has 0 aliphatic heterocycles. The first kappa shape index (κ1) is 10.8. The zero-order valence-corrected chi connectivity index (χ0v) is 9.09. The monoisotopic (exact) mass is 236 g/mol. The Hall–Kier alpha value is -1.68. The molecule has 0 N–H and O–H groups in total. The minimum Gasteiger partial charge on any atom is -0.448 e. The Bertz CT molecular complexity index is 504. The average Bonchev–Trinajstić information content (AvgIpc) is 2.29. The van der Waals surface area contributed by atoms with Crippen molar-refractivity contribution in [2.45, 2.75) is 12.0 Å². The van der Waals surface area contributed by atoms with Crippen molar-refractivity contribution in [2.24, 2.45) is 0 Å². The van der Waals surface area contributed by atoms with Crippen LogP contribution in [0.15, 0.2) is 30.6 Å². The number of hydrogen-bond donors (Lipinski definition) is 0. The second-order valence-corrected chi connectivity index (χ2v) is 3.72. The molecule has 0 radical (unpaired) electrons. The van der Waals surface area contributed by atoms with Gasteiger partial charge in [-0.1, -0.05) is 11.6 Å². The van der Waals surface area contributed by atoms with E-state index in [1.807, 2.05) is 18.2 Å². The van der Waals surface area contributed by atoms with E-state index in [0.29, 0.717) is 12.9 Å². The van der Waals surface area contributed by atoms with E-state index in [2.05, 4.69) is 14.7 Å². The molecular weight excluding hydrogens is 228 g/mol. The van der Waals surface area contributed by atoms with E-state index in [9.17, 15) is 4.79 Å². The predicted molar refractivity (Wildman–Crippen MR) is 60.0 cm³/mol. The maximum atomic E-state index is 10.1. The lowest BCUT2D eigenvalue weighted by atomic mass is 10.2. The molecule has 1 atom stereocenters. The van der Waals surface area contributed by atoms with Crippen LogP contribution in [0.1, 0.15) is 5.56 Å². The van der Waals surface area contributed by atoms with Gasteiger partial charge in [0.25, 0.3) is 6.47 Å². The predicted octanol–water partition coefficient (Wildman–Crippen LogP) is 1.91. The number of fused-ring (bicyclic) bond motifs is 1. The third kappa shape index (κ3) is 2.46. The summed E-state index contributed by atoms with van der Waals surface area (Å²) in [6.07, 6.45) is 3.82. The molecular formula is C11H9ClN2O2. The van der Waals surface area contributed by atoms with Crippen LogP contribution in [-0.4, -0.2) is 22.0 Å². The van der Waals surface area contributed by atoms with Gasteiger partial charge in [0.2, 0.25) is 0 Å². The molecule has 2 rings (SSSR count). The molecule has 0 amide bonds. The van der Waals surface area contributed by atoms with Gasteiger partial charge in [-0.25, -0.2) is 0 Å². The Morgan fingerprint density at radius 2 is 2.31 bits per heavy atom. The number of halogens is 1. The molecule has 1 unspecified atom stereocenters. The lowest BCUT2D eigenvalue weighted by Gasteiger charge is -2.07. The number of nitrogens with zero attached hydrogens (tertiary/aromatic N) is 2. The second kappa shape index (κ2) is 4.90. The standard InChI is InChI=1S/C11H9ClN2O2/c12-11(16-7-15)5-8-4-10-9(14-6-8)2-1-3-13-10/h1-4,6-7,11H,5H2. The summed E-state index contributed by atoms with van der Waals surface area (Å²) in [5.74, 6) is 0. The van der Waals surface area contributed by atoms with Gasteiger partial charge in [0.05, 0.1) is 11.0 Å². The molecule has 0 fully saturated rings. The van der Waals surface area contributed by atoms with Crippen molar-refractivity contribution in [1.29, 1.82) is 0 Å². The summed E-state index contributed by atoms with van der Waals surface area (Å²) in [5, 5.41) is 0. The van der Waals surface area contributed by atoms with Crippen molar-refractivity contribution in [3.05, 3.63) is 36.2 Å². The van der Waals surface area contributed by atoms with Crippen molar-refractivity contribution >= 4 is 29.1 Å². The molecule has 5 heteroatoms. The Labute approximate surface area is 97.2 Å². The van der Waals surface area contributed by atoms with Gasteiger partial charge in [0.15, 0.2) is 5.56 Å². The molecule has 2 aromatic heterocycles. The van der Waals surface area contributed by atoms with Gasteiger partial charge in [-0.2, -0.15) is 0 Å². The first-order valence-electron chi connectivity index (χ1n) is 4.72. The first-order chi connectivity index (χ1) is 7.79. The van der Waals surface area contributed by atoms with Crippen molar-refractivity contribution in [2.75, 3.05) is 0 Å². The molecule has 0 aliphatic carbocycles. The molecule has 16 heavy (non-hydrogen) atoms. The third-order valence-electron chi connectivity index (χ3n) is 2.11. The zero-order chi connectivity index (χ0) is 11.4. The van der Waals surface area contributed by atoms with E-state index in [1.165, 1.54) is 0 Å². The molecule has 2 aromatic rings. The molecule has 0 spiro atoms. The summed E-state index contributed by atoms with van der Waals surface area (Å²) in [6, 6.07) is 5.59. The number of carbonyl (C=O) groups is 1. The van der Waals surface area contributed by atoms with E-state index >= 15 is 0 Å². The third-order valence-corrected chi connectivity index (χ3v) is 2.36. The normalized spacial score (nSPS) is 12.3. The van der Waals surface area contributed by atoms with Crippen LogP contribution in [0, 0.1) is 0 Å². The maximum Gasteiger partial charge on any atom is 0.294 e. The summed E-state index contributed by atoms with van der Waals surface area (Å²) in [5.41, 5.74) is 1.84. The highest BCUT2D eigenvalue weighted by molar-refractivity contribution is 6.20. The number of pyridine rings is 2. The van der Waals surface area contributed by atoms with Crippen molar-refractivity contribution in [3.63, 3.8) is 0 Å². The van der Waals surface area contributed by atoms with Crippen LogP contribution in [0.5, 0.6) is 0 Å². The van der Waals surface area contributed by atoms with Gasteiger partial charge < -0.3 is 4.74 Å². The van der Waals surface area contributed by atoms with Crippen molar-refractivity contribution in [1.82, 2.24) is 9.97 Å². The lowest BCUT2D eigenvalue weighted by Crippen LogP contribution is -2.07. The van der Waals surface area contributed by atoms with Crippen LogP contribution in [0.25, 0.3) is 11.0 Å². The van der Waals surface area contributed by atoms with Crippen molar-refractivity contribution in [3.8, 4) is 0 Å². The summed E-state index contributed by atoms with van der Waals surface area (Å²) in [6.45, 7) is 0.338.